The molecule has 5 nitrogen and oxygen atoms in total. The van der Waals surface area contributed by atoms with Crippen LogP contribution in [-0.4, -0.2) is 38.4 Å². The number of fused-ring (bicyclic) bond motifs is 1. The first-order valence-electron chi connectivity index (χ1n) is 4.27. The van der Waals surface area contributed by atoms with Crippen molar-refractivity contribution in [3.63, 3.8) is 0 Å². The van der Waals surface area contributed by atoms with Crippen LogP contribution in [0.5, 0.6) is 0 Å². The van der Waals surface area contributed by atoms with Gasteiger partial charge in [0.2, 0.25) is 5.91 Å². The summed E-state index contributed by atoms with van der Waals surface area (Å²) >= 11 is 3.58. The lowest BCUT2D eigenvalue weighted by atomic mass is 10.0. The average Bonchev–Trinajstić information content (AvgIpc) is 2.25. The standard InChI is InChI=1S/C8H9IN2O3S/c9-1-3-2-15-7-4(10)6(12)11(7)5(3)8(13)14/h4,7H,1-2,10H2,(H,13,14)/p-1/t4?,7-/m1/s1. The number of carbonyl (C=O) groups excluding carboxylic acids is 2. The highest BCUT2D eigenvalue weighted by Crippen LogP contribution is 2.39. The number of nitrogens with zero attached hydrogens (tertiary/aromatic N) is 1. The fourth-order valence-corrected chi connectivity index (χ4v) is 3.96. The van der Waals surface area contributed by atoms with Crippen LogP contribution in [0.3, 0.4) is 0 Å². The molecule has 1 saturated heterocycles. The number of β-lactam (4-membered cyclic amide) rings is 1. The van der Waals surface area contributed by atoms with Gasteiger partial charge in [0.1, 0.15) is 11.4 Å². The molecule has 0 aliphatic carbocycles. The number of aliphatic carboxylic acids is 1. The second-order valence-electron chi connectivity index (χ2n) is 3.31. The molecule has 15 heavy (non-hydrogen) atoms. The lowest BCUT2D eigenvalue weighted by molar-refractivity contribution is -0.301. The first-order chi connectivity index (χ1) is 7.07. The number of rotatable bonds is 2. The zero-order valence-electron chi connectivity index (χ0n) is 7.60. The van der Waals surface area contributed by atoms with E-state index in [9.17, 15) is 14.7 Å². The number of nitrogens with two attached hydrogens (primary N) is 1. The SMILES string of the molecule is NC1C(=O)N2C(C(=O)[O-])=C(CI)CS[C@H]12. The van der Waals surface area contributed by atoms with Crippen molar-refractivity contribution in [3.8, 4) is 0 Å². The molecule has 2 atom stereocenters. The zero-order valence-corrected chi connectivity index (χ0v) is 10.6. The van der Waals surface area contributed by atoms with Crippen LogP contribution in [0.2, 0.25) is 0 Å². The third-order valence-corrected chi connectivity index (χ3v) is 4.72. The van der Waals surface area contributed by atoms with Gasteiger partial charge < -0.3 is 15.6 Å². The van der Waals surface area contributed by atoms with Crippen LogP contribution >= 0.6 is 34.4 Å². The van der Waals surface area contributed by atoms with E-state index in [0.29, 0.717) is 10.2 Å². The molecule has 0 radical (unpaired) electrons. The maximum absolute atomic E-state index is 11.4. The van der Waals surface area contributed by atoms with E-state index in [-0.39, 0.29) is 17.0 Å². The summed E-state index contributed by atoms with van der Waals surface area (Å²) in [4.78, 5) is 23.6. The summed E-state index contributed by atoms with van der Waals surface area (Å²) < 4.78 is 0.583. The Balaban J connectivity index is 2.38. The van der Waals surface area contributed by atoms with Gasteiger partial charge in [0.25, 0.3) is 0 Å². The predicted octanol–water partition coefficient (Wildman–Crippen LogP) is -1.33. The second kappa shape index (κ2) is 3.95. The normalized spacial score (nSPS) is 30.0. The molecule has 2 N–H and O–H groups in total. The van der Waals surface area contributed by atoms with E-state index in [1.54, 1.807) is 0 Å². The van der Waals surface area contributed by atoms with Crippen molar-refractivity contribution in [3.05, 3.63) is 11.3 Å². The highest BCUT2D eigenvalue weighted by molar-refractivity contribution is 14.1. The van der Waals surface area contributed by atoms with E-state index in [1.807, 2.05) is 0 Å². The Morgan fingerprint density at radius 3 is 2.93 bits per heavy atom. The van der Waals surface area contributed by atoms with Crippen molar-refractivity contribution < 1.29 is 14.7 Å². The Hall–Kier alpha value is -0.280. The van der Waals surface area contributed by atoms with Crippen molar-refractivity contribution in [2.24, 2.45) is 5.73 Å². The molecular formula is C8H8IN2O3S-. The Morgan fingerprint density at radius 1 is 1.73 bits per heavy atom. The fourth-order valence-electron chi connectivity index (χ4n) is 1.67. The van der Waals surface area contributed by atoms with Gasteiger partial charge in [0.15, 0.2) is 0 Å². The zero-order chi connectivity index (χ0) is 11.2. The fraction of sp³-hybridized carbons (Fsp3) is 0.500. The van der Waals surface area contributed by atoms with Gasteiger partial charge in [-0.25, -0.2) is 0 Å². The number of halogens is 1. The number of hydrogen-bond acceptors (Lipinski definition) is 5. The largest absolute Gasteiger partial charge is 0.543 e. The molecule has 2 heterocycles. The van der Waals surface area contributed by atoms with Crippen LogP contribution in [0, 0.1) is 0 Å². The maximum atomic E-state index is 11.4. The van der Waals surface area contributed by atoms with E-state index in [0.717, 1.165) is 5.57 Å². The molecular weight excluding hydrogens is 331 g/mol. The summed E-state index contributed by atoms with van der Waals surface area (Å²) in [6.07, 6.45) is 0. The highest BCUT2D eigenvalue weighted by Gasteiger charge is 2.49. The van der Waals surface area contributed by atoms with Crippen LogP contribution < -0.4 is 10.8 Å². The van der Waals surface area contributed by atoms with Gasteiger partial charge >= 0.3 is 0 Å². The highest BCUT2D eigenvalue weighted by atomic mass is 127. The summed E-state index contributed by atoms with van der Waals surface area (Å²) in [5.41, 5.74) is 6.34. The van der Waals surface area contributed by atoms with Crippen molar-refractivity contribution in [2.45, 2.75) is 11.4 Å². The van der Waals surface area contributed by atoms with Gasteiger partial charge in [-0.05, 0) is 5.57 Å². The van der Waals surface area contributed by atoms with Crippen molar-refractivity contribution in [1.29, 1.82) is 0 Å². The molecule has 0 aromatic rings. The number of hydrogen-bond donors (Lipinski definition) is 1. The minimum atomic E-state index is -1.28. The molecule has 0 saturated carbocycles. The summed E-state index contributed by atoms with van der Waals surface area (Å²) in [6.45, 7) is 0. The van der Waals surface area contributed by atoms with E-state index >= 15 is 0 Å². The molecule has 0 aromatic carbocycles. The van der Waals surface area contributed by atoms with E-state index in [1.165, 1.54) is 16.7 Å². The number of thioether (sulfide) groups is 1. The summed E-state index contributed by atoms with van der Waals surface area (Å²) in [5.74, 6) is -1.00. The Morgan fingerprint density at radius 2 is 2.40 bits per heavy atom. The van der Waals surface area contributed by atoms with Gasteiger partial charge in [0.05, 0.1) is 11.7 Å². The molecule has 1 amide bonds. The molecule has 0 spiro atoms. The second-order valence-corrected chi connectivity index (χ2v) is 5.18. The summed E-state index contributed by atoms with van der Waals surface area (Å²) in [6, 6.07) is -0.569. The van der Waals surface area contributed by atoms with Gasteiger partial charge in [-0.2, -0.15) is 0 Å². The summed E-state index contributed by atoms with van der Waals surface area (Å²) in [7, 11) is 0. The van der Waals surface area contributed by atoms with Gasteiger partial charge in [-0.15, -0.1) is 11.8 Å². The number of carbonyl (C=O) groups is 2. The monoisotopic (exact) mass is 339 g/mol. The first kappa shape index (κ1) is 11.2. The van der Waals surface area contributed by atoms with Crippen LogP contribution in [0.25, 0.3) is 0 Å². The average molecular weight is 339 g/mol. The van der Waals surface area contributed by atoms with E-state index < -0.39 is 12.0 Å². The van der Waals surface area contributed by atoms with Crippen molar-refractivity contribution >= 4 is 46.2 Å². The quantitative estimate of drug-likeness (QED) is 0.383. The van der Waals surface area contributed by atoms with Gasteiger partial charge in [-0.1, -0.05) is 22.6 Å². The third-order valence-electron chi connectivity index (χ3n) is 2.44. The molecule has 0 bridgehead atoms. The lowest BCUT2D eigenvalue weighted by Gasteiger charge is -2.49. The van der Waals surface area contributed by atoms with Crippen molar-refractivity contribution in [2.75, 3.05) is 10.2 Å². The lowest BCUT2D eigenvalue weighted by Crippen LogP contribution is -2.69. The third kappa shape index (κ3) is 1.56. The van der Waals surface area contributed by atoms with Crippen LogP contribution in [0.15, 0.2) is 11.3 Å². The Kier molecular flexibility index (Phi) is 2.95. The van der Waals surface area contributed by atoms with E-state index in [4.69, 9.17) is 5.73 Å². The minimum absolute atomic E-state index is 0.0276. The van der Waals surface area contributed by atoms with Gasteiger partial charge in [-0.3, -0.25) is 9.69 Å². The topological polar surface area (TPSA) is 86.5 Å². The Bertz CT molecular complexity index is 371. The first-order valence-corrected chi connectivity index (χ1v) is 6.85. The predicted molar refractivity (Wildman–Crippen MR) is 62.0 cm³/mol. The molecule has 7 heteroatoms. The Labute approximate surface area is 104 Å². The van der Waals surface area contributed by atoms with Crippen LogP contribution in [-0.2, 0) is 9.59 Å². The molecule has 2 aliphatic heterocycles. The summed E-state index contributed by atoms with van der Waals surface area (Å²) in [5, 5.41) is 10.7. The number of carboxylic acid groups (broad SMARTS) is 1. The molecule has 82 valence electrons. The van der Waals surface area contributed by atoms with Crippen molar-refractivity contribution in [1.82, 2.24) is 4.90 Å². The van der Waals surface area contributed by atoms with Gasteiger partial charge in [0, 0.05) is 10.2 Å². The molecule has 2 aliphatic rings. The molecule has 2 rings (SSSR count). The molecule has 1 unspecified atom stereocenters. The number of alkyl halides is 1. The smallest absolute Gasteiger partial charge is 0.248 e. The van der Waals surface area contributed by atoms with Crippen LogP contribution in [0.1, 0.15) is 0 Å². The van der Waals surface area contributed by atoms with Crippen LogP contribution in [0.4, 0.5) is 0 Å². The minimum Gasteiger partial charge on any atom is -0.543 e. The maximum Gasteiger partial charge on any atom is 0.248 e. The van der Waals surface area contributed by atoms with E-state index in [2.05, 4.69) is 22.6 Å². The molecule has 0 aromatic heterocycles. The number of amides is 1. The number of carboxylic acids is 1. The molecule has 1 fully saturated rings.